The molecule has 1 aliphatic heterocycles. The summed E-state index contributed by atoms with van der Waals surface area (Å²) in [5.74, 6) is 0.343. The number of imidazole rings is 1. The van der Waals surface area contributed by atoms with Crippen LogP contribution in [0, 0.1) is 5.21 Å². The zero-order valence-electron chi connectivity index (χ0n) is 9.20. The molecule has 0 atom stereocenters. The summed E-state index contributed by atoms with van der Waals surface area (Å²) in [5, 5.41) is 11.9. The minimum Gasteiger partial charge on any atom is -0.710 e. The van der Waals surface area contributed by atoms with E-state index in [4.69, 9.17) is 4.74 Å². The molecule has 0 saturated heterocycles. The number of rotatable bonds is 0. The molecular formula is C11H9F3N2O2. The summed E-state index contributed by atoms with van der Waals surface area (Å²) in [6.07, 6.45) is -4.44. The van der Waals surface area contributed by atoms with E-state index in [1.165, 1.54) is 6.07 Å². The lowest BCUT2D eigenvalue weighted by Gasteiger charge is -2.11. The molecule has 0 N–H and O–H groups in total. The van der Waals surface area contributed by atoms with E-state index in [1.807, 2.05) is 0 Å². The lowest BCUT2D eigenvalue weighted by Crippen LogP contribution is -2.34. The molecule has 18 heavy (non-hydrogen) atoms. The highest BCUT2D eigenvalue weighted by Gasteiger charge is 2.33. The van der Waals surface area contributed by atoms with Crippen molar-refractivity contribution < 1.29 is 22.6 Å². The molecule has 3 rings (SSSR count). The Balaban J connectivity index is 2.26. The van der Waals surface area contributed by atoms with Crippen molar-refractivity contribution >= 4 is 11.0 Å². The number of ether oxygens (including phenoxy) is 1. The molecule has 7 heteroatoms. The molecule has 0 spiro atoms. The molecule has 0 unspecified atom stereocenters. The minimum atomic E-state index is -4.44. The Kier molecular flexibility index (Phi) is 2.28. The Morgan fingerprint density at radius 2 is 2.11 bits per heavy atom. The molecule has 0 amide bonds. The van der Waals surface area contributed by atoms with Crippen molar-refractivity contribution in [3.05, 3.63) is 34.8 Å². The second-order valence-electron chi connectivity index (χ2n) is 4.12. The van der Waals surface area contributed by atoms with Crippen LogP contribution in [0.5, 0.6) is 0 Å². The minimum absolute atomic E-state index is 0.0327. The summed E-state index contributed by atoms with van der Waals surface area (Å²) in [7, 11) is 0. The van der Waals surface area contributed by atoms with Gasteiger partial charge in [0.1, 0.15) is 13.2 Å². The Morgan fingerprint density at radius 3 is 2.83 bits per heavy atom. The van der Waals surface area contributed by atoms with Crippen molar-refractivity contribution in [1.82, 2.24) is 4.57 Å². The van der Waals surface area contributed by atoms with Gasteiger partial charge in [-0.25, -0.2) is 9.30 Å². The molecule has 1 aromatic heterocycles. The molecule has 1 aromatic carbocycles. The largest absolute Gasteiger partial charge is 0.710 e. The normalized spacial score (nSPS) is 15.9. The summed E-state index contributed by atoms with van der Waals surface area (Å²) in [6, 6.07) is 3.21. The van der Waals surface area contributed by atoms with E-state index in [-0.39, 0.29) is 12.1 Å². The monoisotopic (exact) mass is 258 g/mol. The van der Waals surface area contributed by atoms with E-state index in [1.54, 1.807) is 4.57 Å². The van der Waals surface area contributed by atoms with Gasteiger partial charge in [0.2, 0.25) is 0 Å². The maximum Gasteiger partial charge on any atom is 0.416 e. The molecule has 1 aliphatic rings. The molecule has 96 valence electrons. The van der Waals surface area contributed by atoms with Gasteiger partial charge in [0.25, 0.3) is 5.82 Å². The number of aromatic nitrogens is 2. The smallest absolute Gasteiger partial charge is 0.416 e. The topological polar surface area (TPSA) is 41.1 Å². The average Bonchev–Trinajstić information content (AvgIpc) is 2.63. The van der Waals surface area contributed by atoms with Crippen LogP contribution in [0.15, 0.2) is 18.2 Å². The quantitative estimate of drug-likeness (QED) is 0.534. The van der Waals surface area contributed by atoms with Gasteiger partial charge in [-0.15, -0.1) is 0 Å². The lowest BCUT2D eigenvalue weighted by molar-refractivity contribution is -0.591. The van der Waals surface area contributed by atoms with Gasteiger partial charge in [0.05, 0.1) is 12.2 Å². The van der Waals surface area contributed by atoms with Gasteiger partial charge in [-0.2, -0.15) is 13.2 Å². The van der Waals surface area contributed by atoms with Crippen molar-refractivity contribution in [2.45, 2.75) is 19.3 Å². The molecule has 0 fully saturated rings. The number of halogens is 3. The number of hydrogen-bond acceptors (Lipinski definition) is 2. The Bertz CT molecular complexity index is 619. The van der Waals surface area contributed by atoms with Crippen LogP contribution >= 0.6 is 0 Å². The van der Waals surface area contributed by atoms with Gasteiger partial charge in [-0.1, -0.05) is 0 Å². The summed E-state index contributed by atoms with van der Waals surface area (Å²) in [4.78, 5) is 0. The maximum absolute atomic E-state index is 12.6. The SMILES string of the molecule is [O-][n+]1c2n(c3ccc(C(F)(F)F)cc31)CCOC2. The lowest BCUT2D eigenvalue weighted by atomic mass is 10.2. The molecule has 0 saturated carbocycles. The fourth-order valence-electron chi connectivity index (χ4n) is 2.18. The molecular weight excluding hydrogens is 249 g/mol. The van der Waals surface area contributed by atoms with E-state index in [0.29, 0.717) is 29.2 Å². The summed E-state index contributed by atoms with van der Waals surface area (Å²) in [6.45, 7) is 1.06. The summed E-state index contributed by atoms with van der Waals surface area (Å²) >= 11 is 0. The van der Waals surface area contributed by atoms with Crippen LogP contribution in [0.25, 0.3) is 11.0 Å². The third kappa shape index (κ3) is 1.54. The van der Waals surface area contributed by atoms with Crippen LogP contribution in [0.2, 0.25) is 0 Å². The Morgan fingerprint density at radius 1 is 1.33 bits per heavy atom. The maximum atomic E-state index is 12.6. The van der Waals surface area contributed by atoms with Crippen LogP contribution in [-0.4, -0.2) is 11.2 Å². The van der Waals surface area contributed by atoms with Crippen LogP contribution in [-0.2, 0) is 24.1 Å². The van der Waals surface area contributed by atoms with Gasteiger partial charge in [0, 0.05) is 6.07 Å². The summed E-state index contributed by atoms with van der Waals surface area (Å²) in [5.41, 5.74) is -0.273. The number of benzene rings is 1. The van der Waals surface area contributed by atoms with Gasteiger partial charge in [0.15, 0.2) is 11.0 Å². The van der Waals surface area contributed by atoms with Gasteiger partial charge in [-0.05, 0) is 12.1 Å². The molecule has 0 bridgehead atoms. The third-order valence-electron chi connectivity index (χ3n) is 3.05. The molecule has 0 aliphatic carbocycles. The van der Waals surface area contributed by atoms with Gasteiger partial charge in [-0.3, -0.25) is 0 Å². The van der Waals surface area contributed by atoms with E-state index < -0.39 is 11.7 Å². The third-order valence-corrected chi connectivity index (χ3v) is 3.05. The van der Waals surface area contributed by atoms with Crippen molar-refractivity contribution in [2.24, 2.45) is 0 Å². The van der Waals surface area contributed by atoms with E-state index in [9.17, 15) is 18.4 Å². The van der Waals surface area contributed by atoms with E-state index in [0.717, 1.165) is 12.1 Å². The first kappa shape index (κ1) is 11.3. The van der Waals surface area contributed by atoms with E-state index in [2.05, 4.69) is 0 Å². The van der Waals surface area contributed by atoms with Crippen molar-refractivity contribution in [2.75, 3.05) is 6.61 Å². The molecule has 4 nitrogen and oxygen atoms in total. The standard InChI is InChI=1S/C11H9F3N2O2/c12-11(13,14)7-1-2-8-9(5-7)16(17)10-6-18-4-3-15(8)10/h1-2,5H,3-4,6H2. The zero-order valence-corrected chi connectivity index (χ0v) is 9.20. The number of nitrogens with zero attached hydrogens (tertiary/aromatic N) is 2. The molecule has 2 heterocycles. The zero-order chi connectivity index (χ0) is 12.9. The van der Waals surface area contributed by atoms with Gasteiger partial charge >= 0.3 is 6.18 Å². The van der Waals surface area contributed by atoms with Crippen LogP contribution in [0.3, 0.4) is 0 Å². The molecule has 0 radical (unpaired) electrons. The fraction of sp³-hybridized carbons (Fsp3) is 0.364. The predicted octanol–water partition coefficient (Wildman–Crippen LogP) is 1.82. The van der Waals surface area contributed by atoms with Crippen molar-refractivity contribution in [3.63, 3.8) is 0 Å². The highest BCUT2D eigenvalue weighted by Crippen LogP contribution is 2.31. The van der Waals surface area contributed by atoms with Crippen LogP contribution in [0.1, 0.15) is 11.4 Å². The Hall–Kier alpha value is -1.76. The first-order valence-electron chi connectivity index (χ1n) is 5.38. The summed E-state index contributed by atoms with van der Waals surface area (Å²) < 4.78 is 45.1. The molecule has 2 aromatic rings. The first-order chi connectivity index (χ1) is 8.48. The van der Waals surface area contributed by atoms with Crippen molar-refractivity contribution in [3.8, 4) is 0 Å². The van der Waals surface area contributed by atoms with Crippen molar-refractivity contribution in [1.29, 1.82) is 0 Å². The number of hydrogen-bond donors (Lipinski definition) is 0. The van der Waals surface area contributed by atoms with E-state index >= 15 is 0 Å². The first-order valence-corrected chi connectivity index (χ1v) is 5.38. The average molecular weight is 258 g/mol. The fourth-order valence-corrected chi connectivity index (χ4v) is 2.18. The second kappa shape index (κ2) is 3.61. The second-order valence-corrected chi connectivity index (χ2v) is 4.12. The number of fused-ring (bicyclic) bond motifs is 3. The van der Waals surface area contributed by atoms with Crippen LogP contribution in [0.4, 0.5) is 13.2 Å². The highest BCUT2D eigenvalue weighted by molar-refractivity contribution is 5.73. The van der Waals surface area contributed by atoms with Crippen LogP contribution < -0.4 is 4.73 Å². The van der Waals surface area contributed by atoms with Gasteiger partial charge < -0.3 is 9.94 Å². The number of alkyl halides is 3. The Labute approximate surface area is 99.8 Å². The predicted molar refractivity (Wildman–Crippen MR) is 55.6 cm³/mol. The highest BCUT2D eigenvalue weighted by atomic mass is 19.4.